The molecule has 1 aliphatic carbocycles. The minimum Gasteiger partial charge on any atom is -0.361 e. The maximum Gasteiger partial charge on any atom is 0.439 e. The van der Waals surface area contributed by atoms with E-state index in [1.165, 1.54) is 0 Å². The van der Waals surface area contributed by atoms with Crippen molar-refractivity contribution in [2.45, 2.75) is 77.0 Å². The molecule has 0 radical (unpaired) electrons. The van der Waals surface area contributed by atoms with Gasteiger partial charge in [0.15, 0.2) is 6.29 Å². The highest BCUT2D eigenvalue weighted by Crippen LogP contribution is 2.33. The van der Waals surface area contributed by atoms with Crippen LogP contribution in [-0.4, -0.2) is 43.7 Å². The van der Waals surface area contributed by atoms with Crippen molar-refractivity contribution >= 4 is 0 Å². The molecule has 1 saturated heterocycles. The Bertz CT molecular complexity index is 362. The van der Waals surface area contributed by atoms with E-state index in [2.05, 4.69) is 11.7 Å². The second kappa shape index (κ2) is 10.1. The molecule has 148 valence electrons. The van der Waals surface area contributed by atoms with Crippen LogP contribution in [-0.2, 0) is 14.2 Å². The first-order valence-corrected chi connectivity index (χ1v) is 9.48. The summed E-state index contributed by atoms with van der Waals surface area (Å²) in [7, 11) is 0. The Hall–Kier alpha value is -0.370. The first-order valence-electron chi connectivity index (χ1n) is 9.48. The minimum absolute atomic E-state index is 0.0267. The van der Waals surface area contributed by atoms with E-state index < -0.39 is 12.5 Å². The van der Waals surface area contributed by atoms with Crippen molar-refractivity contribution in [2.75, 3.05) is 19.8 Å². The summed E-state index contributed by atoms with van der Waals surface area (Å²) >= 11 is 0. The number of alkyl halides is 3. The molecule has 1 heterocycles. The van der Waals surface area contributed by atoms with Gasteiger partial charge in [-0.3, -0.25) is 0 Å². The number of hydrogen-bond acceptors (Lipinski definition) is 4. The van der Waals surface area contributed by atoms with Crippen LogP contribution in [0.15, 0.2) is 0 Å². The van der Waals surface area contributed by atoms with Gasteiger partial charge in [-0.2, -0.15) is 13.2 Å². The van der Waals surface area contributed by atoms with Crippen molar-refractivity contribution in [3.63, 3.8) is 0 Å². The summed E-state index contributed by atoms with van der Waals surface area (Å²) in [5.74, 6) is 1.19. The fraction of sp³-hybridized carbons (Fsp3) is 1.00. The standard InChI is InChI=1S/C18H31F3O4/c1-2-3-15-11-23-16(24-12-15)9-8-13-4-6-14(7-5-13)10-25-17(22)18(19,20)21/h13-17,22H,2-12H2,1H3. The van der Waals surface area contributed by atoms with Crippen molar-refractivity contribution < 1.29 is 32.5 Å². The van der Waals surface area contributed by atoms with Gasteiger partial charge in [-0.25, -0.2) is 0 Å². The number of halogens is 3. The zero-order valence-corrected chi connectivity index (χ0v) is 15.0. The van der Waals surface area contributed by atoms with Gasteiger partial charge in [0.2, 0.25) is 0 Å². The van der Waals surface area contributed by atoms with Crippen molar-refractivity contribution in [2.24, 2.45) is 17.8 Å². The summed E-state index contributed by atoms with van der Waals surface area (Å²) in [5, 5.41) is 8.87. The zero-order chi connectivity index (χ0) is 18.3. The number of ether oxygens (including phenoxy) is 3. The lowest BCUT2D eigenvalue weighted by Crippen LogP contribution is -2.34. The van der Waals surface area contributed by atoms with E-state index in [9.17, 15) is 13.2 Å². The van der Waals surface area contributed by atoms with E-state index in [4.69, 9.17) is 14.6 Å². The Kier molecular flexibility index (Phi) is 8.45. The van der Waals surface area contributed by atoms with Crippen LogP contribution in [0.1, 0.15) is 58.3 Å². The summed E-state index contributed by atoms with van der Waals surface area (Å²) in [4.78, 5) is 0. The molecule has 4 nitrogen and oxygen atoms in total. The highest BCUT2D eigenvalue weighted by Gasteiger charge is 2.40. The first-order chi connectivity index (χ1) is 11.9. The molecule has 1 aliphatic heterocycles. The van der Waals surface area contributed by atoms with Gasteiger partial charge >= 0.3 is 6.18 Å². The molecule has 25 heavy (non-hydrogen) atoms. The van der Waals surface area contributed by atoms with Gasteiger partial charge < -0.3 is 19.3 Å². The molecule has 0 aromatic heterocycles. The average molecular weight is 368 g/mol. The Balaban J connectivity index is 1.55. The monoisotopic (exact) mass is 368 g/mol. The average Bonchev–Trinajstić information content (AvgIpc) is 2.59. The largest absolute Gasteiger partial charge is 0.439 e. The summed E-state index contributed by atoms with van der Waals surface area (Å²) in [6.07, 6.45) is 0.408. The van der Waals surface area contributed by atoms with Gasteiger partial charge in [-0.1, -0.05) is 26.2 Å². The van der Waals surface area contributed by atoms with Gasteiger partial charge in [0.1, 0.15) is 0 Å². The number of aliphatic hydroxyl groups excluding tert-OH is 1. The third-order valence-corrected chi connectivity index (χ3v) is 5.28. The molecule has 7 heteroatoms. The number of aliphatic hydroxyl groups is 1. The molecule has 0 aromatic rings. The van der Waals surface area contributed by atoms with Gasteiger partial charge in [-0.15, -0.1) is 0 Å². The van der Waals surface area contributed by atoms with Crippen molar-refractivity contribution in [1.82, 2.24) is 0 Å². The quantitative estimate of drug-likeness (QED) is 0.651. The summed E-state index contributed by atoms with van der Waals surface area (Å²) < 4.78 is 52.7. The molecule has 2 rings (SSSR count). The van der Waals surface area contributed by atoms with Gasteiger partial charge in [0.25, 0.3) is 6.29 Å². The smallest absolute Gasteiger partial charge is 0.361 e. The Morgan fingerprint density at radius 2 is 1.56 bits per heavy atom. The number of rotatable bonds is 8. The Labute approximate surface area is 148 Å². The summed E-state index contributed by atoms with van der Waals surface area (Å²) in [6.45, 7) is 3.70. The molecular formula is C18H31F3O4. The van der Waals surface area contributed by atoms with Crippen LogP contribution in [0.25, 0.3) is 0 Å². The molecule has 2 aliphatic rings. The van der Waals surface area contributed by atoms with E-state index in [0.29, 0.717) is 11.8 Å². The predicted molar refractivity (Wildman–Crippen MR) is 86.8 cm³/mol. The van der Waals surface area contributed by atoms with E-state index in [1.54, 1.807) is 0 Å². The predicted octanol–water partition coefficient (Wildman–Crippen LogP) is 4.26. The maximum absolute atomic E-state index is 12.2. The zero-order valence-electron chi connectivity index (χ0n) is 15.0. The molecule has 1 N–H and O–H groups in total. The first kappa shape index (κ1) is 20.9. The van der Waals surface area contributed by atoms with Crippen molar-refractivity contribution in [3.05, 3.63) is 0 Å². The van der Waals surface area contributed by atoms with Gasteiger partial charge in [-0.05, 0) is 43.9 Å². The topological polar surface area (TPSA) is 47.9 Å². The maximum atomic E-state index is 12.2. The van der Waals surface area contributed by atoms with E-state index in [0.717, 1.165) is 64.6 Å². The number of hydrogen-bond donors (Lipinski definition) is 1. The van der Waals surface area contributed by atoms with Crippen LogP contribution in [0, 0.1) is 17.8 Å². The van der Waals surface area contributed by atoms with E-state index in [-0.39, 0.29) is 18.8 Å². The fourth-order valence-electron chi connectivity index (χ4n) is 3.70. The van der Waals surface area contributed by atoms with Crippen LogP contribution in [0.2, 0.25) is 0 Å². The van der Waals surface area contributed by atoms with Gasteiger partial charge in [0.05, 0.1) is 19.8 Å². The Morgan fingerprint density at radius 1 is 0.960 bits per heavy atom. The van der Waals surface area contributed by atoms with E-state index in [1.807, 2.05) is 0 Å². The normalized spacial score (nSPS) is 32.5. The van der Waals surface area contributed by atoms with Crippen molar-refractivity contribution in [1.29, 1.82) is 0 Å². The second-order valence-corrected chi connectivity index (χ2v) is 7.44. The van der Waals surface area contributed by atoms with Crippen LogP contribution < -0.4 is 0 Å². The minimum atomic E-state index is -4.70. The van der Waals surface area contributed by atoms with E-state index >= 15 is 0 Å². The third kappa shape index (κ3) is 7.41. The van der Waals surface area contributed by atoms with Crippen LogP contribution in [0.3, 0.4) is 0 Å². The second-order valence-electron chi connectivity index (χ2n) is 7.44. The lowest BCUT2D eigenvalue weighted by Gasteiger charge is -2.32. The molecule has 0 bridgehead atoms. The summed E-state index contributed by atoms with van der Waals surface area (Å²) in [5.41, 5.74) is 0. The lowest BCUT2D eigenvalue weighted by atomic mass is 9.80. The van der Waals surface area contributed by atoms with Crippen LogP contribution >= 0.6 is 0 Å². The van der Waals surface area contributed by atoms with Crippen LogP contribution in [0.5, 0.6) is 0 Å². The highest BCUT2D eigenvalue weighted by molar-refractivity contribution is 4.74. The lowest BCUT2D eigenvalue weighted by molar-refractivity contribution is -0.296. The molecular weight excluding hydrogens is 337 g/mol. The molecule has 0 amide bonds. The SMILES string of the molecule is CCCC1COC(CCC2CCC(COC(O)C(F)(F)F)CC2)OC1. The molecule has 2 fully saturated rings. The van der Waals surface area contributed by atoms with Gasteiger partial charge in [0, 0.05) is 5.92 Å². The fourth-order valence-corrected chi connectivity index (χ4v) is 3.70. The molecule has 1 unspecified atom stereocenters. The third-order valence-electron chi connectivity index (χ3n) is 5.28. The van der Waals surface area contributed by atoms with Crippen LogP contribution in [0.4, 0.5) is 13.2 Å². The highest BCUT2D eigenvalue weighted by atomic mass is 19.4. The van der Waals surface area contributed by atoms with Crippen molar-refractivity contribution in [3.8, 4) is 0 Å². The molecule has 1 atom stereocenters. The Morgan fingerprint density at radius 3 is 2.12 bits per heavy atom. The molecule has 1 saturated carbocycles. The molecule has 0 spiro atoms. The molecule has 0 aromatic carbocycles. The summed E-state index contributed by atoms with van der Waals surface area (Å²) in [6, 6.07) is 0.